The average Bonchev–Trinajstić information content (AvgIpc) is 2.13. The first-order valence-corrected chi connectivity index (χ1v) is 4.07. The summed E-state index contributed by atoms with van der Waals surface area (Å²) in [6, 6.07) is 0. The van der Waals surface area contributed by atoms with Crippen LogP contribution in [0, 0.1) is 5.92 Å². The van der Waals surface area contributed by atoms with Gasteiger partial charge in [0, 0.05) is 13.0 Å². The molecule has 3 heteroatoms. The lowest BCUT2D eigenvalue weighted by molar-refractivity contribution is 0.569. The fourth-order valence-corrected chi connectivity index (χ4v) is 1.71. The summed E-state index contributed by atoms with van der Waals surface area (Å²) in [4.78, 5) is 2.19. The second kappa shape index (κ2) is 2.60. The third-order valence-electron chi connectivity index (χ3n) is 1.32. The number of hydrogen-bond acceptors (Lipinski definition) is 3. The standard InChI is InChI=1S/C6H12N2S/c1-5(2)6-7-9-4-8(6)3/h5H,4H2,1-3H3. The van der Waals surface area contributed by atoms with E-state index in [2.05, 4.69) is 30.2 Å². The highest BCUT2D eigenvalue weighted by atomic mass is 32.2. The highest BCUT2D eigenvalue weighted by Crippen LogP contribution is 2.18. The molecule has 0 aromatic heterocycles. The lowest BCUT2D eigenvalue weighted by Crippen LogP contribution is -2.25. The van der Waals surface area contributed by atoms with Gasteiger partial charge in [0.2, 0.25) is 0 Å². The molecule has 0 amide bonds. The van der Waals surface area contributed by atoms with Crippen molar-refractivity contribution in [1.82, 2.24) is 4.90 Å². The van der Waals surface area contributed by atoms with E-state index in [0.29, 0.717) is 5.92 Å². The van der Waals surface area contributed by atoms with Crippen LogP contribution in [0.15, 0.2) is 4.40 Å². The molecule has 0 spiro atoms. The molecule has 0 bridgehead atoms. The zero-order valence-corrected chi connectivity index (χ0v) is 6.90. The van der Waals surface area contributed by atoms with Crippen molar-refractivity contribution < 1.29 is 0 Å². The topological polar surface area (TPSA) is 15.6 Å². The smallest absolute Gasteiger partial charge is 0.116 e. The van der Waals surface area contributed by atoms with Gasteiger partial charge >= 0.3 is 0 Å². The Morgan fingerprint density at radius 2 is 2.33 bits per heavy atom. The van der Waals surface area contributed by atoms with Gasteiger partial charge in [0.15, 0.2) is 0 Å². The summed E-state index contributed by atoms with van der Waals surface area (Å²) in [5.74, 6) is 2.82. The van der Waals surface area contributed by atoms with Gasteiger partial charge < -0.3 is 4.90 Å². The van der Waals surface area contributed by atoms with E-state index >= 15 is 0 Å². The van der Waals surface area contributed by atoms with Crippen molar-refractivity contribution >= 4 is 17.8 Å². The van der Waals surface area contributed by atoms with Crippen LogP contribution in [0.2, 0.25) is 0 Å². The van der Waals surface area contributed by atoms with Gasteiger partial charge in [-0.1, -0.05) is 13.8 Å². The highest BCUT2D eigenvalue weighted by Gasteiger charge is 2.15. The molecule has 0 aromatic rings. The van der Waals surface area contributed by atoms with Crippen LogP contribution in [0.25, 0.3) is 0 Å². The molecule has 1 aliphatic heterocycles. The second-order valence-electron chi connectivity index (χ2n) is 2.56. The van der Waals surface area contributed by atoms with Gasteiger partial charge in [-0.05, 0) is 11.9 Å². The Labute approximate surface area is 60.5 Å². The maximum absolute atomic E-state index is 4.28. The molecule has 0 aliphatic carbocycles. The number of amidine groups is 1. The van der Waals surface area contributed by atoms with Crippen LogP contribution in [-0.2, 0) is 0 Å². The third-order valence-corrected chi connectivity index (χ3v) is 2.14. The molecular weight excluding hydrogens is 132 g/mol. The summed E-state index contributed by atoms with van der Waals surface area (Å²) >= 11 is 1.63. The highest BCUT2D eigenvalue weighted by molar-refractivity contribution is 7.98. The summed E-state index contributed by atoms with van der Waals surface area (Å²) in [6.07, 6.45) is 0. The Morgan fingerprint density at radius 1 is 1.67 bits per heavy atom. The number of hydrogen-bond donors (Lipinski definition) is 0. The minimum Gasteiger partial charge on any atom is -0.351 e. The molecule has 0 unspecified atom stereocenters. The minimum absolute atomic E-state index is 0.574. The van der Waals surface area contributed by atoms with E-state index in [4.69, 9.17) is 0 Å². The Morgan fingerprint density at radius 3 is 2.56 bits per heavy atom. The third kappa shape index (κ3) is 1.39. The van der Waals surface area contributed by atoms with Crippen molar-refractivity contribution in [2.24, 2.45) is 10.3 Å². The van der Waals surface area contributed by atoms with E-state index in [1.165, 1.54) is 5.84 Å². The first-order valence-electron chi connectivity index (χ1n) is 3.13. The van der Waals surface area contributed by atoms with E-state index in [1.807, 2.05) is 0 Å². The first-order chi connectivity index (χ1) is 4.22. The molecule has 1 aliphatic rings. The molecule has 0 saturated heterocycles. The van der Waals surface area contributed by atoms with Gasteiger partial charge in [-0.3, -0.25) is 0 Å². The zero-order chi connectivity index (χ0) is 6.85. The van der Waals surface area contributed by atoms with Crippen LogP contribution < -0.4 is 0 Å². The van der Waals surface area contributed by atoms with Crippen molar-refractivity contribution in [3.05, 3.63) is 0 Å². The summed E-state index contributed by atoms with van der Waals surface area (Å²) < 4.78 is 4.28. The van der Waals surface area contributed by atoms with Gasteiger partial charge in [0.25, 0.3) is 0 Å². The van der Waals surface area contributed by atoms with Crippen LogP contribution in [0.3, 0.4) is 0 Å². The molecule has 0 fully saturated rings. The van der Waals surface area contributed by atoms with Crippen LogP contribution >= 0.6 is 11.9 Å². The fourth-order valence-electron chi connectivity index (χ4n) is 0.864. The Hall–Kier alpha value is -0.180. The lowest BCUT2D eigenvalue weighted by atomic mass is 10.2. The van der Waals surface area contributed by atoms with Crippen molar-refractivity contribution in [2.75, 3.05) is 12.9 Å². The molecule has 0 atom stereocenters. The normalized spacial score (nSPS) is 19.1. The number of nitrogens with zero attached hydrogens (tertiary/aromatic N) is 2. The SMILES string of the molecule is CC(C)C1=NSCN1C. The van der Waals surface area contributed by atoms with Crippen molar-refractivity contribution in [3.63, 3.8) is 0 Å². The quantitative estimate of drug-likeness (QED) is 0.519. The Balaban J connectivity index is 2.57. The van der Waals surface area contributed by atoms with Crippen LogP contribution in [-0.4, -0.2) is 23.7 Å². The van der Waals surface area contributed by atoms with Crippen molar-refractivity contribution in [2.45, 2.75) is 13.8 Å². The van der Waals surface area contributed by atoms with Gasteiger partial charge in [-0.2, -0.15) is 0 Å². The van der Waals surface area contributed by atoms with Gasteiger partial charge in [-0.25, -0.2) is 4.40 Å². The summed E-state index contributed by atoms with van der Waals surface area (Å²) in [6.45, 7) is 4.34. The maximum atomic E-state index is 4.28. The summed E-state index contributed by atoms with van der Waals surface area (Å²) in [5.41, 5.74) is 0. The first kappa shape index (κ1) is 6.93. The van der Waals surface area contributed by atoms with Crippen molar-refractivity contribution in [1.29, 1.82) is 0 Å². The van der Waals surface area contributed by atoms with E-state index in [0.717, 1.165) is 5.88 Å². The molecular formula is C6H12N2S. The van der Waals surface area contributed by atoms with Gasteiger partial charge in [0.05, 0.1) is 5.88 Å². The fraction of sp³-hybridized carbons (Fsp3) is 0.833. The molecule has 1 rings (SSSR count). The van der Waals surface area contributed by atoms with Gasteiger partial charge in [-0.15, -0.1) is 0 Å². The van der Waals surface area contributed by atoms with E-state index in [1.54, 1.807) is 11.9 Å². The van der Waals surface area contributed by atoms with E-state index in [9.17, 15) is 0 Å². The van der Waals surface area contributed by atoms with Crippen LogP contribution in [0.4, 0.5) is 0 Å². The molecule has 0 aromatic carbocycles. The Bertz CT molecular complexity index is 131. The zero-order valence-electron chi connectivity index (χ0n) is 6.09. The monoisotopic (exact) mass is 144 g/mol. The van der Waals surface area contributed by atoms with E-state index < -0.39 is 0 Å². The molecule has 9 heavy (non-hydrogen) atoms. The van der Waals surface area contributed by atoms with Gasteiger partial charge in [0.1, 0.15) is 5.84 Å². The van der Waals surface area contributed by atoms with Crippen molar-refractivity contribution in [3.8, 4) is 0 Å². The molecule has 52 valence electrons. The second-order valence-corrected chi connectivity index (χ2v) is 3.26. The molecule has 0 N–H and O–H groups in total. The maximum Gasteiger partial charge on any atom is 0.116 e. The molecule has 0 saturated carbocycles. The number of rotatable bonds is 1. The van der Waals surface area contributed by atoms with Crippen LogP contribution in [0.1, 0.15) is 13.8 Å². The molecule has 1 heterocycles. The van der Waals surface area contributed by atoms with Crippen LogP contribution in [0.5, 0.6) is 0 Å². The minimum atomic E-state index is 0.574. The lowest BCUT2D eigenvalue weighted by Gasteiger charge is -2.14. The largest absolute Gasteiger partial charge is 0.351 e. The van der Waals surface area contributed by atoms with E-state index in [-0.39, 0.29) is 0 Å². The predicted octanol–water partition coefficient (Wildman–Crippen LogP) is 1.59. The average molecular weight is 144 g/mol. The molecule has 2 nitrogen and oxygen atoms in total. The summed E-state index contributed by atoms with van der Waals surface area (Å²) in [5, 5.41) is 0. The summed E-state index contributed by atoms with van der Waals surface area (Å²) in [7, 11) is 2.08. The Kier molecular flexibility index (Phi) is 2.01. The predicted molar refractivity (Wildman–Crippen MR) is 42.5 cm³/mol. The molecule has 0 radical (unpaired) electrons.